The Bertz CT molecular complexity index is 497. The quantitative estimate of drug-likeness (QED) is 0.268. The molecule has 0 bridgehead atoms. The van der Waals surface area contributed by atoms with E-state index in [2.05, 4.69) is 11.9 Å². The highest BCUT2D eigenvalue weighted by Crippen LogP contribution is 2.15. The third kappa shape index (κ3) is 14.2. The number of hydrogen-bond acceptors (Lipinski definition) is 7. The number of rotatable bonds is 17. The van der Waals surface area contributed by atoms with Crippen molar-refractivity contribution in [3.05, 3.63) is 42.0 Å². The van der Waals surface area contributed by atoms with Crippen molar-refractivity contribution in [2.45, 2.75) is 32.9 Å². The van der Waals surface area contributed by atoms with Gasteiger partial charge in [-0.25, -0.2) is 0 Å². The van der Waals surface area contributed by atoms with E-state index in [9.17, 15) is 0 Å². The molecule has 0 heterocycles. The molecule has 0 radical (unpaired) electrons. The Morgan fingerprint density at radius 2 is 1.45 bits per heavy atom. The number of ether oxygens (including phenoxy) is 4. The molecule has 1 unspecified atom stereocenters. The van der Waals surface area contributed by atoms with Crippen molar-refractivity contribution in [1.29, 1.82) is 0 Å². The van der Waals surface area contributed by atoms with Gasteiger partial charge in [0.15, 0.2) is 0 Å². The van der Waals surface area contributed by atoms with Gasteiger partial charge < -0.3 is 35.7 Å². The van der Waals surface area contributed by atoms with Gasteiger partial charge in [-0.1, -0.05) is 44.7 Å². The number of methoxy groups -OCH3 is 1. The van der Waals surface area contributed by atoms with Gasteiger partial charge in [-0.3, -0.25) is 0 Å². The number of nitrogens with two attached hydrogens (primary N) is 2. The summed E-state index contributed by atoms with van der Waals surface area (Å²) in [4.78, 5) is 0. The van der Waals surface area contributed by atoms with Gasteiger partial charge in [-0.05, 0) is 30.5 Å². The highest BCUT2D eigenvalue weighted by Gasteiger charge is 2.04. The van der Waals surface area contributed by atoms with E-state index in [0.29, 0.717) is 46.2 Å². The molecular weight excluding hydrogens is 370 g/mol. The predicted molar refractivity (Wildman–Crippen MR) is 120 cm³/mol. The van der Waals surface area contributed by atoms with Gasteiger partial charge in [0.1, 0.15) is 6.23 Å². The van der Waals surface area contributed by atoms with E-state index in [0.717, 1.165) is 36.2 Å². The molecule has 0 fully saturated rings. The van der Waals surface area contributed by atoms with Gasteiger partial charge in [-0.15, -0.1) is 0 Å². The number of nitrogens with one attached hydrogen (secondary N) is 1. The molecule has 0 aliphatic heterocycles. The topological polar surface area (TPSA) is 101 Å². The number of hydrogen-bond donors (Lipinski definition) is 3. The van der Waals surface area contributed by atoms with Crippen LogP contribution in [0.1, 0.15) is 44.0 Å². The highest BCUT2D eigenvalue weighted by atomic mass is 16.5. The van der Waals surface area contributed by atoms with Crippen molar-refractivity contribution in [2.75, 3.05) is 59.8 Å². The molecule has 1 atom stereocenters. The van der Waals surface area contributed by atoms with Crippen molar-refractivity contribution in [1.82, 2.24) is 5.32 Å². The fourth-order valence-corrected chi connectivity index (χ4v) is 2.25. The van der Waals surface area contributed by atoms with E-state index in [1.807, 2.05) is 38.1 Å². The van der Waals surface area contributed by atoms with Gasteiger partial charge in [0.2, 0.25) is 0 Å². The predicted octanol–water partition coefficient (Wildman–Crippen LogP) is 2.67. The molecule has 0 amide bonds. The van der Waals surface area contributed by atoms with Crippen molar-refractivity contribution in [3.8, 4) is 0 Å². The first-order valence-corrected chi connectivity index (χ1v) is 10.4. The second-order valence-corrected chi connectivity index (χ2v) is 6.02. The Morgan fingerprint density at radius 1 is 0.931 bits per heavy atom. The molecule has 168 valence electrons. The molecule has 7 heteroatoms. The molecule has 0 spiro atoms. The minimum atomic E-state index is -0.398. The highest BCUT2D eigenvalue weighted by molar-refractivity contribution is 5.61. The maximum Gasteiger partial charge on any atom is 0.131 e. The summed E-state index contributed by atoms with van der Waals surface area (Å²) in [6.45, 7) is 13.2. The van der Waals surface area contributed by atoms with Gasteiger partial charge in [0.25, 0.3) is 0 Å². The molecule has 7 nitrogen and oxygen atoms in total. The molecule has 0 aliphatic carbocycles. The summed E-state index contributed by atoms with van der Waals surface area (Å²) < 4.78 is 21.4. The largest absolute Gasteiger partial charge is 0.385 e. The van der Waals surface area contributed by atoms with E-state index in [1.165, 1.54) is 0 Å². The zero-order valence-electron chi connectivity index (χ0n) is 18.5. The Balaban J connectivity index is 0.00000379. The van der Waals surface area contributed by atoms with Crippen LogP contribution >= 0.6 is 0 Å². The molecule has 0 saturated heterocycles. The van der Waals surface area contributed by atoms with Crippen LogP contribution in [-0.4, -0.2) is 59.8 Å². The SMILES string of the molecule is C=C(NCCCOCCOCCOCCCN)c1ccc(C(N)OC)cc1.CC. The molecule has 0 aromatic heterocycles. The average molecular weight is 412 g/mol. The maximum absolute atomic E-state index is 5.82. The third-order valence-electron chi connectivity index (χ3n) is 3.88. The summed E-state index contributed by atoms with van der Waals surface area (Å²) in [5, 5.41) is 3.30. The van der Waals surface area contributed by atoms with E-state index in [4.69, 9.17) is 30.4 Å². The Morgan fingerprint density at radius 3 is 1.97 bits per heavy atom. The van der Waals surface area contributed by atoms with Crippen LogP contribution in [0.3, 0.4) is 0 Å². The van der Waals surface area contributed by atoms with E-state index < -0.39 is 6.23 Å². The lowest BCUT2D eigenvalue weighted by Crippen LogP contribution is -2.16. The van der Waals surface area contributed by atoms with Crippen LogP contribution in [0.25, 0.3) is 5.70 Å². The van der Waals surface area contributed by atoms with Gasteiger partial charge in [0.05, 0.1) is 26.4 Å². The summed E-state index contributed by atoms with van der Waals surface area (Å²) >= 11 is 0. The second kappa shape index (κ2) is 19.8. The fraction of sp³-hybridized carbons (Fsp3) is 0.636. The summed E-state index contributed by atoms with van der Waals surface area (Å²) in [6, 6.07) is 7.86. The van der Waals surface area contributed by atoms with Crippen LogP contribution in [0.4, 0.5) is 0 Å². The van der Waals surface area contributed by atoms with Crippen molar-refractivity contribution < 1.29 is 18.9 Å². The third-order valence-corrected chi connectivity index (χ3v) is 3.88. The van der Waals surface area contributed by atoms with Crippen molar-refractivity contribution in [3.63, 3.8) is 0 Å². The normalized spacial score (nSPS) is 11.5. The summed E-state index contributed by atoms with van der Waals surface area (Å²) in [7, 11) is 1.59. The Kier molecular flexibility index (Phi) is 18.8. The van der Waals surface area contributed by atoms with E-state index >= 15 is 0 Å². The van der Waals surface area contributed by atoms with Crippen LogP contribution in [0.2, 0.25) is 0 Å². The lowest BCUT2D eigenvalue weighted by molar-refractivity contribution is 0.0142. The molecule has 1 rings (SSSR count). The standard InChI is InChI=1S/C20H35N3O4.C2H6/c1-17(18-5-7-19(8-6-18)20(22)24-2)23-10-4-12-26-14-16-27-15-13-25-11-3-9-21;1-2/h5-8,20,23H,1,3-4,9-16,21-22H2,2H3;1-2H3. The maximum atomic E-state index is 5.82. The first kappa shape index (κ1) is 27.5. The summed E-state index contributed by atoms with van der Waals surface area (Å²) in [5.74, 6) is 0. The van der Waals surface area contributed by atoms with Gasteiger partial charge in [0, 0.05) is 32.6 Å². The van der Waals surface area contributed by atoms with Crippen molar-refractivity contribution in [2.24, 2.45) is 11.5 Å². The average Bonchev–Trinajstić information content (AvgIpc) is 2.77. The van der Waals surface area contributed by atoms with Crippen LogP contribution in [-0.2, 0) is 18.9 Å². The Labute approximate surface area is 176 Å². The molecule has 5 N–H and O–H groups in total. The smallest absolute Gasteiger partial charge is 0.131 e. The molecule has 1 aromatic carbocycles. The summed E-state index contributed by atoms with van der Waals surface area (Å²) in [5.41, 5.74) is 14.0. The van der Waals surface area contributed by atoms with E-state index in [-0.39, 0.29) is 0 Å². The minimum Gasteiger partial charge on any atom is -0.385 e. The van der Waals surface area contributed by atoms with Crippen LogP contribution < -0.4 is 16.8 Å². The van der Waals surface area contributed by atoms with Crippen molar-refractivity contribution >= 4 is 5.70 Å². The first-order valence-electron chi connectivity index (χ1n) is 10.4. The lowest BCUT2D eigenvalue weighted by Gasteiger charge is -2.13. The first-order chi connectivity index (χ1) is 14.2. The Hall–Kier alpha value is -1.48. The number of benzene rings is 1. The lowest BCUT2D eigenvalue weighted by atomic mass is 10.1. The fourth-order valence-electron chi connectivity index (χ4n) is 2.25. The zero-order chi connectivity index (χ0) is 21.7. The summed E-state index contributed by atoms with van der Waals surface area (Å²) in [6.07, 6.45) is 1.38. The second-order valence-electron chi connectivity index (χ2n) is 6.02. The molecular formula is C22H41N3O4. The minimum absolute atomic E-state index is 0.398. The van der Waals surface area contributed by atoms with Gasteiger partial charge in [-0.2, -0.15) is 0 Å². The van der Waals surface area contributed by atoms with Crippen LogP contribution in [0.5, 0.6) is 0 Å². The monoisotopic (exact) mass is 411 g/mol. The van der Waals surface area contributed by atoms with Crippen LogP contribution in [0.15, 0.2) is 30.8 Å². The van der Waals surface area contributed by atoms with Gasteiger partial charge >= 0.3 is 0 Å². The zero-order valence-corrected chi connectivity index (χ0v) is 18.5. The van der Waals surface area contributed by atoms with E-state index in [1.54, 1.807) is 7.11 Å². The molecule has 0 saturated carbocycles. The molecule has 29 heavy (non-hydrogen) atoms. The molecule has 1 aromatic rings. The molecule has 0 aliphatic rings. The van der Waals surface area contributed by atoms with Crippen LogP contribution in [0, 0.1) is 0 Å².